The molecule has 0 radical (unpaired) electrons. The molecule has 32 heteroatoms. The lowest BCUT2D eigenvalue weighted by atomic mass is 10.1. The highest BCUT2D eigenvalue weighted by molar-refractivity contribution is 7.48. The number of rotatable bonds is 18. The maximum absolute atomic E-state index is 15.9. The van der Waals surface area contributed by atoms with E-state index in [-0.39, 0.29) is 0 Å². The zero-order valence-electron chi connectivity index (χ0n) is 52.5. The van der Waals surface area contributed by atoms with Gasteiger partial charge < -0.3 is 56.8 Å². The van der Waals surface area contributed by atoms with Crippen molar-refractivity contribution in [1.82, 2.24) is 58.6 Å². The number of phosphoric ester groups is 1. The summed E-state index contributed by atoms with van der Waals surface area (Å²) in [5, 5.41) is 0. The van der Waals surface area contributed by atoms with E-state index in [1.54, 1.807) is 147 Å². The van der Waals surface area contributed by atoms with Crippen LogP contribution in [-0.4, -0.2) is 190 Å². The number of hydrogen-bond donors (Lipinski definition) is 0. The molecule has 0 amide bonds. The first-order valence-electron chi connectivity index (χ1n) is 30.3. The Kier molecular flexibility index (Phi) is 15.8. The van der Waals surface area contributed by atoms with Crippen molar-refractivity contribution in [3.8, 4) is 33.8 Å². The number of esters is 3. The average Bonchev–Trinajstić information content (AvgIpc) is 1.60. The predicted octanol–water partition coefficient (Wildman–Crippen LogP) is 7.28. The lowest BCUT2D eigenvalue weighted by Gasteiger charge is -2.28. The van der Waals surface area contributed by atoms with E-state index in [9.17, 15) is 14.4 Å². The third kappa shape index (κ3) is 11.4. The molecule has 95 heavy (non-hydrogen) atoms. The first-order valence-corrected chi connectivity index (χ1v) is 31.8. The first-order chi connectivity index (χ1) is 45.7. The van der Waals surface area contributed by atoms with E-state index >= 15 is 4.57 Å². The molecule has 0 unspecified atom stereocenters. The summed E-state index contributed by atoms with van der Waals surface area (Å²) < 4.78 is 115. The number of carbonyl (C=O) groups is 3. The number of fused-ring (bicyclic) bond motifs is 6. The van der Waals surface area contributed by atoms with Gasteiger partial charge in [-0.1, -0.05) is 36.4 Å². The summed E-state index contributed by atoms with van der Waals surface area (Å²) in [5.74, 6) is -4.93. The molecule has 0 N–H and O–H groups in total. The van der Waals surface area contributed by atoms with Crippen LogP contribution in [0.4, 0.5) is 0 Å². The Labute approximate surface area is 540 Å². The Hall–Kier alpha value is -8.53. The second-order valence-corrected chi connectivity index (χ2v) is 26.2. The Morgan fingerprint density at radius 2 is 0.705 bits per heavy atom. The van der Waals surface area contributed by atoms with Crippen molar-refractivity contribution >= 4 is 59.2 Å². The Bertz CT molecular complexity index is 4100. The molecule has 12 heterocycles. The molecule has 15 rings (SSSR count). The number of methoxy groups -OCH3 is 3. The van der Waals surface area contributed by atoms with Crippen LogP contribution in [0.3, 0.4) is 0 Å². The van der Waals surface area contributed by atoms with Crippen molar-refractivity contribution in [2.75, 3.05) is 41.2 Å². The molecule has 6 saturated heterocycles. The van der Waals surface area contributed by atoms with Crippen LogP contribution < -0.4 is 0 Å². The van der Waals surface area contributed by atoms with Gasteiger partial charge in [-0.3, -0.25) is 27.3 Å². The third-order valence-electron chi connectivity index (χ3n) is 17.1. The van der Waals surface area contributed by atoms with Crippen molar-refractivity contribution in [3.63, 3.8) is 0 Å². The van der Waals surface area contributed by atoms with Gasteiger partial charge in [-0.05, 0) is 77.9 Å². The fourth-order valence-corrected chi connectivity index (χ4v) is 14.4. The maximum Gasteiger partial charge on any atom is 0.475 e. The maximum atomic E-state index is 15.9. The van der Waals surface area contributed by atoms with Gasteiger partial charge in [-0.25, -0.2) is 63.8 Å². The fourth-order valence-electron chi connectivity index (χ4n) is 13.1. The van der Waals surface area contributed by atoms with Gasteiger partial charge >= 0.3 is 25.7 Å². The van der Waals surface area contributed by atoms with Crippen LogP contribution in [0.2, 0.25) is 0 Å². The normalized spacial score (nSPS) is 27.1. The lowest BCUT2D eigenvalue weighted by Crippen LogP contribution is -2.35. The number of ether oxygens (including phenoxy) is 12. The summed E-state index contributed by atoms with van der Waals surface area (Å²) in [7, 11) is -0.931. The van der Waals surface area contributed by atoms with E-state index in [1.807, 2.05) is 0 Å². The van der Waals surface area contributed by atoms with Gasteiger partial charge in [0, 0.05) is 16.7 Å². The van der Waals surface area contributed by atoms with E-state index in [1.165, 1.54) is 40.3 Å². The molecule has 0 bridgehead atoms. The number of hydrogen-bond acceptors (Lipinski definition) is 28. The fraction of sp³-hybridized carbons (Fsp3) is 0.429. The highest BCUT2D eigenvalue weighted by atomic mass is 31.2. The van der Waals surface area contributed by atoms with Gasteiger partial charge in [-0.15, -0.1) is 0 Å². The summed E-state index contributed by atoms with van der Waals surface area (Å²) in [5.41, 5.74) is 6.41. The highest BCUT2D eigenvalue weighted by Crippen LogP contribution is 2.55. The predicted molar refractivity (Wildman–Crippen MR) is 325 cm³/mol. The summed E-state index contributed by atoms with van der Waals surface area (Å²) in [6, 6.07) is 20.4. The Balaban J connectivity index is 0.733. The summed E-state index contributed by atoms with van der Waals surface area (Å²) in [4.78, 5) is 79.3. The summed E-state index contributed by atoms with van der Waals surface area (Å²) in [6.07, 6.45) is -1.85. The Morgan fingerprint density at radius 3 is 0.989 bits per heavy atom. The lowest BCUT2D eigenvalue weighted by molar-refractivity contribution is -0.202. The molecule has 0 saturated carbocycles. The van der Waals surface area contributed by atoms with E-state index in [0.29, 0.717) is 84.0 Å². The van der Waals surface area contributed by atoms with Crippen LogP contribution >= 0.6 is 7.82 Å². The van der Waals surface area contributed by atoms with Crippen molar-refractivity contribution in [3.05, 3.63) is 127 Å². The van der Waals surface area contributed by atoms with Gasteiger partial charge in [0.05, 0.1) is 76.8 Å². The van der Waals surface area contributed by atoms with Crippen molar-refractivity contribution in [2.45, 2.75) is 133 Å². The van der Waals surface area contributed by atoms with E-state index in [4.69, 9.17) is 85.4 Å². The second kappa shape index (κ2) is 24.0. The summed E-state index contributed by atoms with van der Waals surface area (Å²) >= 11 is 0. The SMILES string of the molecule is COC(=O)c1cccc(-c2ncnc3c2ncn3[C@@H]2O[C@H](COP(=O)(OC[C@H]3O[C@@H](n4cnc5c(-c6cccc(C(=O)OC)c6)ncnc54)[C@@H]4OC(C)(C)O[C@@H]43)OC[C@H]3O[C@@H](n4cnc5c(-c6cccc(C(=O)OC)c6)ncnc54)[C@@H]4OC(C)(C)O[C@@H]43)[C@H]3OC(C)(C)O[C@H]32)c1. The smallest absolute Gasteiger partial charge is 0.465 e. The molecule has 3 aromatic carbocycles. The van der Waals surface area contributed by atoms with E-state index < -0.39 is 137 Å². The highest BCUT2D eigenvalue weighted by Gasteiger charge is 2.60. The number of carbonyl (C=O) groups excluding carboxylic acids is 3. The summed E-state index contributed by atoms with van der Waals surface area (Å²) in [6.45, 7) is 9.26. The minimum Gasteiger partial charge on any atom is -0.465 e. The first kappa shape index (κ1) is 62.6. The molecule has 6 aliphatic rings. The molecule has 6 aromatic heterocycles. The van der Waals surface area contributed by atoms with Crippen molar-refractivity contribution < 1.29 is 89.4 Å². The van der Waals surface area contributed by atoms with E-state index in [0.717, 1.165) is 0 Å². The van der Waals surface area contributed by atoms with Gasteiger partial charge in [-0.2, -0.15) is 0 Å². The van der Waals surface area contributed by atoms with Gasteiger partial charge in [0.1, 0.15) is 108 Å². The quantitative estimate of drug-likeness (QED) is 0.0462. The minimum atomic E-state index is -4.85. The number of phosphoric acid groups is 1. The molecule has 31 nitrogen and oxygen atoms in total. The van der Waals surface area contributed by atoms with Crippen LogP contribution in [-0.2, 0) is 75.0 Å². The van der Waals surface area contributed by atoms with E-state index in [2.05, 4.69) is 29.9 Å². The molecule has 0 aliphatic carbocycles. The van der Waals surface area contributed by atoms with Gasteiger partial charge in [0.2, 0.25) is 0 Å². The molecular formula is C63H63N12O19P. The Morgan fingerprint density at radius 1 is 0.421 bits per heavy atom. The number of aromatic nitrogens is 12. The third-order valence-corrected chi connectivity index (χ3v) is 18.5. The number of nitrogens with zero attached hydrogens (tertiary/aromatic N) is 12. The molecule has 12 atom stereocenters. The molecular weight excluding hydrogens is 1260 g/mol. The van der Waals surface area contributed by atoms with Crippen LogP contribution in [0, 0.1) is 0 Å². The van der Waals surface area contributed by atoms with Crippen LogP contribution in [0.15, 0.2) is 111 Å². The zero-order chi connectivity index (χ0) is 65.9. The largest absolute Gasteiger partial charge is 0.475 e. The molecule has 6 aliphatic heterocycles. The minimum absolute atomic E-state index is 0.319. The average molecular weight is 1320 g/mol. The monoisotopic (exact) mass is 1320 g/mol. The zero-order valence-corrected chi connectivity index (χ0v) is 53.4. The standard InChI is InChI=1S/C63H63N12O19P/c1-61(2)89-46-37(86-55(49(46)92-61)73-28-70-43-40(64-25-67-52(43)73)31-13-10-16-34(19-31)58(76)80-7)22-83-95(79,84-23-38-47-50(93-62(3,4)90-47)56(87-38)74-29-71-44-41(65-26-68-53(44)74)32-14-11-17-35(20-32)59(77)81-8)85-24-39-48-51(94-63(5,6)91-48)57(88-39)75-30-72-45-42(66-27-69-54(45)75)33-15-12-18-36(21-33)60(78)82-9/h10-21,25-30,37-39,46-51,55-57H,22-24H2,1-9H3/t37-,38-,39-,46-,47-,48-,49-,50-,51-,55-,56-,57-/m1/s1. The van der Waals surface area contributed by atoms with Crippen LogP contribution in [0.1, 0.15) is 91.3 Å². The molecule has 0 spiro atoms. The van der Waals surface area contributed by atoms with Crippen LogP contribution in [0.25, 0.3) is 67.3 Å². The number of benzene rings is 3. The molecule has 9 aromatic rings. The molecule has 6 fully saturated rings. The van der Waals surface area contributed by atoms with Crippen LogP contribution in [0.5, 0.6) is 0 Å². The number of imidazole rings is 3. The van der Waals surface area contributed by atoms with Crippen molar-refractivity contribution in [1.29, 1.82) is 0 Å². The molecule has 494 valence electrons. The van der Waals surface area contributed by atoms with Crippen molar-refractivity contribution in [2.24, 2.45) is 0 Å². The van der Waals surface area contributed by atoms with Gasteiger partial charge in [0.15, 0.2) is 53.0 Å². The topological polar surface area (TPSA) is 338 Å². The van der Waals surface area contributed by atoms with Gasteiger partial charge in [0.25, 0.3) is 0 Å². The second-order valence-electron chi connectivity index (χ2n) is 24.6.